The maximum atomic E-state index is 12.2. The van der Waals surface area contributed by atoms with Crippen molar-refractivity contribution in [3.63, 3.8) is 0 Å². The average molecular weight is 317 g/mol. The first-order valence-corrected chi connectivity index (χ1v) is 7.84. The van der Waals surface area contributed by atoms with Crippen molar-refractivity contribution in [1.29, 1.82) is 0 Å². The summed E-state index contributed by atoms with van der Waals surface area (Å²) >= 11 is 0. The maximum Gasteiger partial charge on any atom is 0.418 e. The minimum absolute atomic E-state index is 0.374. The average Bonchev–Trinajstić information content (AvgIpc) is 2.95. The summed E-state index contributed by atoms with van der Waals surface area (Å²) in [4.78, 5) is 12.2. The van der Waals surface area contributed by atoms with E-state index in [0.717, 1.165) is 22.0 Å². The van der Waals surface area contributed by atoms with Gasteiger partial charge in [0.2, 0.25) is 0 Å². The number of benzene rings is 2. The monoisotopic (exact) mass is 317 g/mol. The summed E-state index contributed by atoms with van der Waals surface area (Å²) in [7, 11) is 0. The number of carbonyl (C=O) groups is 1. The summed E-state index contributed by atoms with van der Waals surface area (Å²) in [5, 5.41) is 0.959. The van der Waals surface area contributed by atoms with E-state index in [0.29, 0.717) is 0 Å². The van der Waals surface area contributed by atoms with Crippen molar-refractivity contribution in [1.82, 2.24) is 4.57 Å². The largest absolute Gasteiger partial charge is 0.443 e. The van der Waals surface area contributed by atoms with Crippen LogP contribution in [0, 0.1) is 11.8 Å². The Bertz CT molecular complexity index is 935. The highest BCUT2D eigenvalue weighted by Gasteiger charge is 2.18. The van der Waals surface area contributed by atoms with Gasteiger partial charge >= 0.3 is 6.09 Å². The zero-order chi connectivity index (χ0) is 17.2. The van der Waals surface area contributed by atoms with E-state index < -0.39 is 5.60 Å². The quantitative estimate of drug-likeness (QED) is 0.556. The molecular weight excluding hydrogens is 298 g/mol. The number of carbonyl (C=O) groups excluding carboxylic acids is 1. The lowest BCUT2D eigenvalue weighted by molar-refractivity contribution is 0.0544. The van der Waals surface area contributed by atoms with Crippen LogP contribution in [-0.4, -0.2) is 16.3 Å². The third-order valence-electron chi connectivity index (χ3n) is 3.41. The fraction of sp³-hybridized carbons (Fsp3) is 0.190. The van der Waals surface area contributed by atoms with Crippen molar-refractivity contribution in [3.05, 3.63) is 71.9 Å². The summed E-state index contributed by atoms with van der Waals surface area (Å²) in [5.74, 6) is 6.29. The highest BCUT2D eigenvalue weighted by molar-refractivity contribution is 5.90. The smallest absolute Gasteiger partial charge is 0.418 e. The first-order chi connectivity index (χ1) is 11.4. The molecule has 0 atom stereocenters. The highest BCUT2D eigenvalue weighted by atomic mass is 16.6. The zero-order valence-corrected chi connectivity index (χ0v) is 14.0. The lowest BCUT2D eigenvalue weighted by Crippen LogP contribution is -2.26. The topological polar surface area (TPSA) is 31.2 Å². The molecular formula is C21H19NO2. The van der Waals surface area contributed by atoms with E-state index in [-0.39, 0.29) is 6.09 Å². The van der Waals surface area contributed by atoms with E-state index in [2.05, 4.69) is 11.8 Å². The minimum atomic E-state index is -0.519. The molecule has 0 fully saturated rings. The Balaban J connectivity index is 1.89. The van der Waals surface area contributed by atoms with Crippen LogP contribution in [0.4, 0.5) is 4.79 Å². The number of nitrogens with zero attached hydrogens (tertiary/aromatic N) is 1. The Kier molecular flexibility index (Phi) is 4.14. The minimum Gasteiger partial charge on any atom is -0.443 e. The van der Waals surface area contributed by atoms with Crippen LogP contribution in [0.15, 0.2) is 60.8 Å². The number of aromatic nitrogens is 1. The predicted octanol–water partition coefficient (Wildman–Crippen LogP) is 4.82. The molecule has 0 bridgehead atoms. The molecule has 3 nitrogen and oxygen atoms in total. The van der Waals surface area contributed by atoms with Crippen LogP contribution < -0.4 is 0 Å². The molecule has 24 heavy (non-hydrogen) atoms. The molecule has 0 amide bonds. The van der Waals surface area contributed by atoms with Crippen molar-refractivity contribution >= 4 is 17.0 Å². The van der Waals surface area contributed by atoms with Crippen LogP contribution in [0.5, 0.6) is 0 Å². The van der Waals surface area contributed by atoms with E-state index in [9.17, 15) is 4.79 Å². The van der Waals surface area contributed by atoms with E-state index >= 15 is 0 Å². The highest BCUT2D eigenvalue weighted by Crippen LogP contribution is 2.19. The molecule has 0 aliphatic carbocycles. The van der Waals surface area contributed by atoms with Gasteiger partial charge in [0.05, 0.1) is 5.52 Å². The second-order valence-electron chi connectivity index (χ2n) is 6.56. The third kappa shape index (κ3) is 3.67. The standard InChI is InChI=1S/C21H19NO2/c1-21(2,3)24-20(23)22-14-13-18-15-17(11-12-19(18)22)10-9-16-7-5-4-6-8-16/h4-8,11-15H,1-3H3. The van der Waals surface area contributed by atoms with E-state index in [4.69, 9.17) is 4.74 Å². The summed E-state index contributed by atoms with van der Waals surface area (Å²) in [6, 6.07) is 17.5. The lowest BCUT2D eigenvalue weighted by Gasteiger charge is -2.19. The molecule has 2 aromatic carbocycles. The normalized spacial score (nSPS) is 11.0. The van der Waals surface area contributed by atoms with Gasteiger partial charge < -0.3 is 4.74 Å². The molecule has 3 heteroatoms. The molecule has 3 aromatic rings. The molecule has 0 spiro atoms. The van der Waals surface area contributed by atoms with Crippen molar-refractivity contribution in [2.45, 2.75) is 26.4 Å². The van der Waals surface area contributed by atoms with Gasteiger partial charge in [0, 0.05) is 22.7 Å². The van der Waals surface area contributed by atoms with Gasteiger partial charge in [-0.3, -0.25) is 4.57 Å². The SMILES string of the molecule is CC(C)(C)OC(=O)n1ccc2cc(C#Cc3ccccc3)ccc21. The first-order valence-electron chi connectivity index (χ1n) is 7.84. The van der Waals surface area contributed by atoms with Crippen LogP contribution in [0.25, 0.3) is 10.9 Å². The maximum absolute atomic E-state index is 12.2. The second-order valence-corrected chi connectivity index (χ2v) is 6.56. The Morgan fingerprint density at radius 3 is 2.38 bits per heavy atom. The second kappa shape index (κ2) is 6.25. The molecule has 0 unspecified atom stereocenters. The van der Waals surface area contributed by atoms with Crippen molar-refractivity contribution in [2.24, 2.45) is 0 Å². The van der Waals surface area contributed by atoms with Gasteiger partial charge in [0.15, 0.2) is 0 Å². The lowest BCUT2D eigenvalue weighted by atomic mass is 10.1. The van der Waals surface area contributed by atoms with Crippen LogP contribution >= 0.6 is 0 Å². The number of hydrogen-bond acceptors (Lipinski definition) is 2. The van der Waals surface area contributed by atoms with Gasteiger partial charge in [0.25, 0.3) is 0 Å². The van der Waals surface area contributed by atoms with Gasteiger partial charge in [-0.15, -0.1) is 0 Å². The van der Waals surface area contributed by atoms with Crippen LogP contribution in [0.2, 0.25) is 0 Å². The van der Waals surface area contributed by atoms with Crippen LogP contribution in [0.3, 0.4) is 0 Å². The van der Waals surface area contributed by atoms with Crippen molar-refractivity contribution in [3.8, 4) is 11.8 Å². The van der Waals surface area contributed by atoms with Gasteiger partial charge in [-0.2, -0.15) is 0 Å². The number of hydrogen-bond donors (Lipinski definition) is 0. The molecule has 0 N–H and O–H groups in total. The molecule has 0 radical (unpaired) electrons. The fourth-order valence-electron chi connectivity index (χ4n) is 2.36. The van der Waals surface area contributed by atoms with Gasteiger partial charge in [-0.25, -0.2) is 4.79 Å². The van der Waals surface area contributed by atoms with E-state index in [1.165, 1.54) is 4.57 Å². The molecule has 3 rings (SSSR count). The Morgan fingerprint density at radius 1 is 0.958 bits per heavy atom. The molecule has 0 saturated heterocycles. The molecule has 120 valence electrons. The summed E-state index contributed by atoms with van der Waals surface area (Å²) < 4.78 is 6.94. The third-order valence-corrected chi connectivity index (χ3v) is 3.41. The fourth-order valence-corrected chi connectivity index (χ4v) is 2.36. The van der Waals surface area contributed by atoms with Gasteiger partial charge in [-0.1, -0.05) is 30.0 Å². The zero-order valence-electron chi connectivity index (χ0n) is 14.0. The van der Waals surface area contributed by atoms with Gasteiger partial charge in [-0.05, 0) is 57.2 Å². The Hall–Kier alpha value is -2.99. The summed E-state index contributed by atoms with van der Waals surface area (Å²) in [6.07, 6.45) is 1.35. The van der Waals surface area contributed by atoms with Crippen molar-refractivity contribution < 1.29 is 9.53 Å². The number of fused-ring (bicyclic) bond motifs is 1. The molecule has 0 aliphatic rings. The van der Waals surface area contributed by atoms with Crippen LogP contribution in [-0.2, 0) is 4.74 Å². The molecule has 0 saturated carbocycles. The molecule has 1 aromatic heterocycles. The Labute approximate surface area is 141 Å². The molecule has 1 heterocycles. The van der Waals surface area contributed by atoms with E-state index in [1.54, 1.807) is 6.20 Å². The van der Waals surface area contributed by atoms with E-state index in [1.807, 2.05) is 75.4 Å². The van der Waals surface area contributed by atoms with Crippen LogP contribution in [0.1, 0.15) is 31.9 Å². The van der Waals surface area contributed by atoms with Gasteiger partial charge in [0.1, 0.15) is 5.60 Å². The summed E-state index contributed by atoms with van der Waals surface area (Å²) in [6.45, 7) is 5.57. The first kappa shape index (κ1) is 15.9. The predicted molar refractivity (Wildman–Crippen MR) is 96.0 cm³/mol. The summed E-state index contributed by atoms with van der Waals surface area (Å²) in [5.41, 5.74) is 2.18. The number of rotatable bonds is 0. The molecule has 0 aliphatic heterocycles. The van der Waals surface area contributed by atoms with Crippen molar-refractivity contribution in [2.75, 3.05) is 0 Å². The Morgan fingerprint density at radius 2 is 1.67 bits per heavy atom. The number of ether oxygens (including phenoxy) is 1.